The molecule has 4 nitrogen and oxygen atoms in total. The van der Waals surface area contributed by atoms with Crippen molar-refractivity contribution in [3.8, 4) is 0 Å². The van der Waals surface area contributed by atoms with Crippen LogP contribution in [0.4, 0.5) is 20.2 Å². The van der Waals surface area contributed by atoms with Gasteiger partial charge in [0.1, 0.15) is 0 Å². The highest BCUT2D eigenvalue weighted by atomic mass is 19.2. The minimum Gasteiger partial charge on any atom is -0.478 e. The predicted molar refractivity (Wildman–Crippen MR) is 71.5 cm³/mol. The minimum atomic E-state index is -1.07. The van der Waals surface area contributed by atoms with Crippen molar-refractivity contribution in [2.75, 3.05) is 11.1 Å². The number of nitrogens with two attached hydrogens (primary N) is 1. The number of carboxylic acid groups (broad SMARTS) is 1. The van der Waals surface area contributed by atoms with Gasteiger partial charge in [0.25, 0.3) is 0 Å². The molecule has 0 aliphatic heterocycles. The molecule has 4 N–H and O–H groups in total. The number of carbonyl (C=O) groups is 1. The Balaban J connectivity index is 2.15. The molecular weight excluding hydrogens is 266 g/mol. The summed E-state index contributed by atoms with van der Waals surface area (Å²) < 4.78 is 25.8. The maximum atomic E-state index is 13.0. The van der Waals surface area contributed by atoms with E-state index in [4.69, 9.17) is 10.8 Å². The van der Waals surface area contributed by atoms with Crippen molar-refractivity contribution >= 4 is 17.3 Å². The predicted octanol–water partition coefficient (Wildman–Crippen LogP) is 2.86. The Hall–Kier alpha value is -2.63. The number of anilines is 2. The van der Waals surface area contributed by atoms with Gasteiger partial charge in [-0.25, -0.2) is 13.6 Å². The Bertz CT molecular complexity index is 660. The molecule has 2 aromatic carbocycles. The van der Waals surface area contributed by atoms with Gasteiger partial charge in [0.2, 0.25) is 0 Å². The van der Waals surface area contributed by atoms with E-state index in [2.05, 4.69) is 5.32 Å². The largest absolute Gasteiger partial charge is 0.478 e. The number of halogens is 2. The van der Waals surface area contributed by atoms with Crippen LogP contribution in [-0.4, -0.2) is 11.1 Å². The van der Waals surface area contributed by atoms with Gasteiger partial charge < -0.3 is 16.2 Å². The van der Waals surface area contributed by atoms with Crippen molar-refractivity contribution in [2.24, 2.45) is 0 Å². The topological polar surface area (TPSA) is 75.4 Å². The highest BCUT2D eigenvalue weighted by Gasteiger charge is 2.07. The Kier molecular flexibility index (Phi) is 3.84. The van der Waals surface area contributed by atoms with Crippen molar-refractivity contribution in [1.29, 1.82) is 0 Å². The Morgan fingerprint density at radius 3 is 2.55 bits per heavy atom. The first-order valence-corrected chi connectivity index (χ1v) is 5.78. The number of nitrogen functional groups attached to an aromatic ring is 1. The third kappa shape index (κ3) is 3.03. The molecule has 0 bridgehead atoms. The van der Waals surface area contributed by atoms with Crippen molar-refractivity contribution < 1.29 is 18.7 Å². The second-order valence-electron chi connectivity index (χ2n) is 4.21. The maximum Gasteiger partial charge on any atom is 0.335 e. The molecular formula is C14H12F2N2O2. The highest BCUT2D eigenvalue weighted by molar-refractivity contribution is 5.90. The third-order valence-electron chi connectivity index (χ3n) is 2.77. The number of benzene rings is 2. The number of hydrogen-bond acceptors (Lipinski definition) is 3. The summed E-state index contributed by atoms with van der Waals surface area (Å²) in [4.78, 5) is 10.9. The molecule has 6 heteroatoms. The number of rotatable bonds is 4. The number of nitrogens with one attached hydrogen (secondary N) is 1. The number of aromatic carboxylic acids is 1. The smallest absolute Gasteiger partial charge is 0.335 e. The summed E-state index contributed by atoms with van der Waals surface area (Å²) >= 11 is 0. The average molecular weight is 278 g/mol. The van der Waals surface area contributed by atoms with Crippen molar-refractivity contribution in [1.82, 2.24) is 0 Å². The van der Waals surface area contributed by atoms with Crippen LogP contribution in [-0.2, 0) is 6.54 Å². The van der Waals surface area contributed by atoms with Crippen LogP contribution in [0.15, 0.2) is 36.4 Å². The van der Waals surface area contributed by atoms with E-state index in [1.54, 1.807) is 0 Å². The molecule has 0 fully saturated rings. The van der Waals surface area contributed by atoms with Crippen LogP contribution in [0.2, 0.25) is 0 Å². The van der Waals surface area contributed by atoms with Gasteiger partial charge >= 0.3 is 5.97 Å². The van der Waals surface area contributed by atoms with Gasteiger partial charge in [0.05, 0.1) is 16.9 Å². The molecule has 0 saturated heterocycles. The van der Waals surface area contributed by atoms with E-state index in [-0.39, 0.29) is 12.1 Å². The zero-order chi connectivity index (χ0) is 14.7. The molecule has 0 spiro atoms. The first-order valence-electron chi connectivity index (χ1n) is 5.78. The van der Waals surface area contributed by atoms with Crippen LogP contribution >= 0.6 is 0 Å². The third-order valence-corrected chi connectivity index (χ3v) is 2.77. The van der Waals surface area contributed by atoms with Crippen LogP contribution in [0.1, 0.15) is 15.9 Å². The van der Waals surface area contributed by atoms with Crippen LogP contribution in [0.5, 0.6) is 0 Å². The molecule has 2 aromatic rings. The lowest BCUT2D eigenvalue weighted by Crippen LogP contribution is -2.05. The molecule has 0 aliphatic rings. The molecule has 0 radical (unpaired) electrons. The van der Waals surface area contributed by atoms with E-state index < -0.39 is 17.6 Å². The van der Waals surface area contributed by atoms with Crippen molar-refractivity contribution in [3.63, 3.8) is 0 Å². The summed E-state index contributed by atoms with van der Waals surface area (Å²) in [6.45, 7) is 0.199. The summed E-state index contributed by atoms with van der Waals surface area (Å²) in [5, 5.41) is 11.8. The number of hydrogen-bond donors (Lipinski definition) is 3. The lowest BCUT2D eigenvalue weighted by Gasteiger charge is -2.10. The Labute approximate surface area is 113 Å². The molecule has 0 saturated carbocycles. The molecule has 0 heterocycles. The lowest BCUT2D eigenvalue weighted by molar-refractivity contribution is 0.0697. The van der Waals surface area contributed by atoms with Crippen LogP contribution < -0.4 is 11.1 Å². The zero-order valence-corrected chi connectivity index (χ0v) is 10.4. The maximum absolute atomic E-state index is 13.0. The van der Waals surface area contributed by atoms with Crippen LogP contribution in [0, 0.1) is 11.6 Å². The Morgan fingerprint density at radius 1 is 1.15 bits per heavy atom. The quantitative estimate of drug-likeness (QED) is 0.752. The molecule has 0 atom stereocenters. The first-order chi connectivity index (χ1) is 9.47. The molecule has 0 amide bonds. The Morgan fingerprint density at radius 2 is 1.90 bits per heavy atom. The van der Waals surface area contributed by atoms with Gasteiger partial charge in [-0.05, 0) is 35.9 Å². The second-order valence-corrected chi connectivity index (χ2v) is 4.21. The van der Waals surface area contributed by atoms with E-state index in [0.717, 1.165) is 12.1 Å². The van der Waals surface area contributed by atoms with Gasteiger partial charge in [-0.2, -0.15) is 0 Å². The fraction of sp³-hybridized carbons (Fsp3) is 0.0714. The van der Waals surface area contributed by atoms with Gasteiger partial charge in [-0.15, -0.1) is 0 Å². The summed E-state index contributed by atoms with van der Waals surface area (Å²) in [6.07, 6.45) is 0. The van der Waals surface area contributed by atoms with Gasteiger partial charge in [0, 0.05) is 6.54 Å². The van der Waals surface area contributed by atoms with Gasteiger partial charge in [0.15, 0.2) is 11.6 Å². The molecule has 2 rings (SSSR count). The van der Waals surface area contributed by atoms with E-state index in [0.29, 0.717) is 16.9 Å². The molecule has 20 heavy (non-hydrogen) atoms. The molecule has 0 unspecified atom stereocenters. The summed E-state index contributed by atoms with van der Waals surface area (Å²) in [5.41, 5.74) is 7.12. The van der Waals surface area contributed by atoms with Crippen molar-refractivity contribution in [3.05, 3.63) is 59.2 Å². The normalized spacial score (nSPS) is 10.3. The lowest BCUT2D eigenvalue weighted by atomic mass is 10.1. The van der Waals surface area contributed by atoms with Crippen LogP contribution in [0.25, 0.3) is 0 Å². The fourth-order valence-electron chi connectivity index (χ4n) is 1.69. The SMILES string of the molecule is Nc1ccc(C(=O)O)cc1NCc1ccc(F)c(F)c1. The summed E-state index contributed by atoms with van der Waals surface area (Å²) in [5.74, 6) is -2.92. The summed E-state index contributed by atoms with van der Waals surface area (Å²) in [6, 6.07) is 7.78. The summed E-state index contributed by atoms with van der Waals surface area (Å²) in [7, 11) is 0. The second kappa shape index (κ2) is 5.56. The standard InChI is InChI=1S/C14H12F2N2O2/c15-10-3-1-8(5-11(10)16)7-18-13-6-9(14(19)20)2-4-12(13)17/h1-6,18H,7,17H2,(H,19,20). The van der Waals surface area contributed by atoms with Crippen LogP contribution in [0.3, 0.4) is 0 Å². The van der Waals surface area contributed by atoms with E-state index in [9.17, 15) is 13.6 Å². The fourth-order valence-corrected chi connectivity index (χ4v) is 1.69. The molecule has 104 valence electrons. The van der Waals surface area contributed by atoms with Gasteiger partial charge in [-0.3, -0.25) is 0 Å². The van der Waals surface area contributed by atoms with E-state index in [1.165, 1.54) is 24.3 Å². The average Bonchev–Trinajstić information content (AvgIpc) is 2.41. The van der Waals surface area contributed by atoms with E-state index in [1.807, 2.05) is 0 Å². The molecule has 0 aliphatic carbocycles. The number of carboxylic acids is 1. The van der Waals surface area contributed by atoms with Gasteiger partial charge in [-0.1, -0.05) is 6.07 Å². The van der Waals surface area contributed by atoms with E-state index >= 15 is 0 Å². The first kappa shape index (κ1) is 13.8. The zero-order valence-electron chi connectivity index (χ0n) is 10.4. The monoisotopic (exact) mass is 278 g/mol. The molecule has 0 aromatic heterocycles. The van der Waals surface area contributed by atoms with Crippen molar-refractivity contribution in [2.45, 2.75) is 6.54 Å². The highest BCUT2D eigenvalue weighted by Crippen LogP contribution is 2.21. The minimum absolute atomic E-state index is 0.0898.